The van der Waals surface area contributed by atoms with E-state index in [0.29, 0.717) is 65.2 Å². The minimum atomic E-state index is -5.13. The first-order valence-corrected chi connectivity index (χ1v) is 25.3. The summed E-state index contributed by atoms with van der Waals surface area (Å²) in [5.41, 5.74) is 4.03. The highest BCUT2D eigenvalue weighted by atomic mass is 32.1. The molecule has 1 atom stereocenters. The van der Waals surface area contributed by atoms with E-state index in [2.05, 4.69) is 40.0 Å². The summed E-state index contributed by atoms with van der Waals surface area (Å²) in [4.78, 5) is 54.5. The maximum atomic E-state index is 13.1. The molecule has 2 amide bonds. The largest absolute Gasteiger partial charge is 0.460 e. The van der Waals surface area contributed by atoms with Crippen molar-refractivity contribution in [3.8, 4) is 45.3 Å². The Morgan fingerprint density at radius 3 is 1.46 bits per heavy atom. The first-order chi connectivity index (χ1) is 36.5. The number of alkyl halides is 6. The van der Waals surface area contributed by atoms with Gasteiger partial charge in [-0.25, -0.2) is 9.97 Å². The second-order valence-electron chi connectivity index (χ2n) is 17.8. The molecule has 4 aromatic carbocycles. The third kappa shape index (κ3) is 12.3. The molecule has 2 aliphatic rings. The molecule has 0 aliphatic carbocycles. The average Bonchev–Trinajstić information content (AvgIpc) is 4.31. The van der Waals surface area contributed by atoms with Crippen molar-refractivity contribution in [1.82, 2.24) is 40.9 Å². The van der Waals surface area contributed by atoms with Crippen molar-refractivity contribution < 1.29 is 64.4 Å². The molecular formula is C52H44F6N8O8S2. The van der Waals surface area contributed by atoms with Gasteiger partial charge in [0.2, 0.25) is 17.8 Å². The molecule has 0 radical (unpaired) electrons. The van der Waals surface area contributed by atoms with Gasteiger partial charge in [0.1, 0.15) is 10.0 Å². The van der Waals surface area contributed by atoms with Crippen LogP contribution in [0.15, 0.2) is 129 Å². The maximum Gasteiger partial charge on any atom is 0.460 e. The van der Waals surface area contributed by atoms with Crippen molar-refractivity contribution in [1.29, 1.82) is 0 Å². The smallest absolute Gasteiger partial charge is 0.381 e. The summed E-state index contributed by atoms with van der Waals surface area (Å²) in [5, 5.41) is 28.2. The van der Waals surface area contributed by atoms with Crippen LogP contribution in [0.4, 0.5) is 26.3 Å². The lowest BCUT2D eigenvalue weighted by Gasteiger charge is -2.35. The molecular weight excluding hydrogens is 1040 g/mol. The summed E-state index contributed by atoms with van der Waals surface area (Å²) in [5.74, 6) is -5.52. The topological polar surface area (TPSA) is 218 Å². The van der Waals surface area contributed by atoms with Crippen LogP contribution in [-0.4, -0.2) is 105 Å². The molecule has 16 nitrogen and oxygen atoms in total. The van der Waals surface area contributed by atoms with Gasteiger partial charge in [-0.3, -0.25) is 14.4 Å². The summed E-state index contributed by atoms with van der Waals surface area (Å²) in [6, 6.07) is 31.9. The monoisotopic (exact) mass is 1090 g/mol. The van der Waals surface area contributed by atoms with Gasteiger partial charge in [-0.15, -0.1) is 22.7 Å². The van der Waals surface area contributed by atoms with Crippen LogP contribution < -0.4 is 10.6 Å². The molecule has 10 rings (SSSR count). The summed E-state index contributed by atoms with van der Waals surface area (Å²) >= 11 is 3.11. The van der Waals surface area contributed by atoms with E-state index >= 15 is 0 Å². The highest BCUT2D eigenvalue weighted by Gasteiger charge is 2.45. The van der Waals surface area contributed by atoms with Gasteiger partial charge in [0.15, 0.2) is 0 Å². The van der Waals surface area contributed by atoms with Crippen LogP contribution in [-0.2, 0) is 20.3 Å². The quantitative estimate of drug-likeness (QED) is 0.0682. The van der Waals surface area contributed by atoms with E-state index in [1.807, 2.05) is 71.4 Å². The van der Waals surface area contributed by atoms with Crippen molar-refractivity contribution in [2.75, 3.05) is 39.5 Å². The van der Waals surface area contributed by atoms with E-state index < -0.39 is 41.4 Å². The third-order valence-corrected chi connectivity index (χ3v) is 14.9. The normalized spacial score (nSPS) is 15.7. The van der Waals surface area contributed by atoms with Crippen molar-refractivity contribution in [3.05, 3.63) is 153 Å². The molecule has 2 fully saturated rings. The highest BCUT2D eigenvalue weighted by molar-refractivity contribution is 7.10. The summed E-state index contributed by atoms with van der Waals surface area (Å²) < 4.78 is 96.5. The van der Waals surface area contributed by atoms with Crippen molar-refractivity contribution in [2.45, 2.75) is 55.0 Å². The van der Waals surface area contributed by atoms with Crippen molar-refractivity contribution >= 4 is 40.3 Å². The van der Waals surface area contributed by atoms with E-state index in [9.17, 15) is 45.8 Å². The number of halogens is 6. The zero-order valence-electron chi connectivity index (χ0n) is 39.8. The number of ether oxygens (including phenoxy) is 2. The van der Waals surface area contributed by atoms with Gasteiger partial charge in [-0.1, -0.05) is 95.2 Å². The van der Waals surface area contributed by atoms with Crippen LogP contribution in [0.5, 0.6) is 0 Å². The third-order valence-electron chi connectivity index (χ3n) is 12.8. The number of Topliss-reactive ketones (excluding diaryl/α,β-unsaturated/α-hetero) is 1. The SMILES string of the molecule is O=C(NCC1(c2nc(-c3ccccc3)cs2)CCOCC1)c1cccc(-c2noc(C(=O)C(F)(F)F)n2)c1.O=C(NCC1(c2nc(-c3ccccc3)cs2)CCOCC1)c1cccc(-c2noc(C(O)C(F)(F)F)n2)c1. The van der Waals surface area contributed by atoms with Gasteiger partial charge in [-0.05, 0) is 49.9 Å². The van der Waals surface area contributed by atoms with Crippen LogP contribution in [0.25, 0.3) is 45.3 Å². The zero-order valence-corrected chi connectivity index (χ0v) is 41.4. The number of hydrogen-bond donors (Lipinski definition) is 3. The maximum absolute atomic E-state index is 13.1. The predicted octanol–water partition coefficient (Wildman–Crippen LogP) is 10.0. The summed E-state index contributed by atoms with van der Waals surface area (Å²) in [6.45, 7) is 2.86. The Balaban J connectivity index is 0.000000186. The molecule has 0 bridgehead atoms. The fraction of sp³-hybridized carbons (Fsp3) is 0.288. The Morgan fingerprint density at radius 1 is 0.579 bits per heavy atom. The minimum Gasteiger partial charge on any atom is -0.381 e. The minimum absolute atomic E-state index is 0.171. The van der Waals surface area contributed by atoms with Gasteiger partial charge in [0.05, 0.1) is 11.4 Å². The van der Waals surface area contributed by atoms with Crippen LogP contribution in [0.2, 0.25) is 0 Å². The Bertz CT molecular complexity index is 3280. The van der Waals surface area contributed by atoms with E-state index in [4.69, 9.17) is 19.4 Å². The number of amides is 2. The first-order valence-electron chi connectivity index (χ1n) is 23.5. The fourth-order valence-electron chi connectivity index (χ4n) is 8.43. The Hall–Kier alpha value is -7.51. The van der Waals surface area contributed by atoms with Crippen LogP contribution >= 0.6 is 22.7 Å². The second kappa shape index (κ2) is 22.8. The van der Waals surface area contributed by atoms with Crippen molar-refractivity contribution in [3.63, 3.8) is 0 Å². The number of aliphatic hydroxyl groups is 1. The molecule has 8 aromatic rings. The molecule has 76 heavy (non-hydrogen) atoms. The van der Waals surface area contributed by atoms with Crippen LogP contribution in [0, 0.1) is 0 Å². The first kappa shape index (κ1) is 53.3. The van der Waals surface area contributed by atoms with E-state index in [-0.39, 0.29) is 51.1 Å². The lowest BCUT2D eigenvalue weighted by atomic mass is 9.80. The number of nitrogens with one attached hydrogen (secondary N) is 2. The number of benzene rings is 4. The van der Waals surface area contributed by atoms with Crippen LogP contribution in [0.3, 0.4) is 0 Å². The molecule has 24 heteroatoms. The lowest BCUT2D eigenvalue weighted by molar-refractivity contribution is -0.213. The number of carbonyl (C=O) groups excluding carboxylic acids is 3. The Morgan fingerprint density at radius 2 is 1.01 bits per heavy atom. The number of ketones is 1. The highest BCUT2D eigenvalue weighted by Crippen LogP contribution is 2.40. The van der Waals surface area contributed by atoms with Gasteiger partial charge in [-0.2, -0.15) is 36.3 Å². The van der Waals surface area contributed by atoms with E-state index in [1.165, 1.54) is 24.3 Å². The standard InChI is InChI=1S/C26H23F3N4O4S.C26H21F3N4O4S/c2*27-26(28,29)20(34)23-32-21(33-37-23)17-7-4-8-18(13-17)22(35)30-15-25(9-11-36-12-10-25)24-31-19(14-38-24)16-5-2-1-3-6-16/h1-8,13-14,20,34H,9-12,15H2,(H,30,35);1-8,13-14H,9-12,15H2,(H,30,35). The van der Waals surface area contributed by atoms with Gasteiger partial charge < -0.3 is 34.3 Å². The van der Waals surface area contributed by atoms with Gasteiger partial charge >= 0.3 is 24.0 Å². The second-order valence-corrected chi connectivity index (χ2v) is 19.5. The van der Waals surface area contributed by atoms with Gasteiger partial charge in [0, 0.05) is 94.5 Å². The fourth-order valence-corrected chi connectivity index (χ4v) is 10.6. The Labute approximate surface area is 436 Å². The van der Waals surface area contributed by atoms with E-state index in [0.717, 1.165) is 32.5 Å². The van der Waals surface area contributed by atoms with Gasteiger partial charge in [0.25, 0.3) is 17.7 Å². The van der Waals surface area contributed by atoms with E-state index in [1.54, 1.807) is 46.9 Å². The molecule has 4 aromatic heterocycles. The number of aliphatic hydroxyl groups excluding tert-OH is 1. The number of aromatic nitrogens is 6. The van der Waals surface area contributed by atoms with Crippen molar-refractivity contribution in [2.24, 2.45) is 0 Å². The number of nitrogens with zero attached hydrogens (tertiary/aromatic N) is 6. The number of rotatable bonds is 14. The molecule has 6 heterocycles. The molecule has 0 spiro atoms. The molecule has 2 aliphatic heterocycles. The zero-order chi connectivity index (χ0) is 53.5. The number of thiazole rings is 2. The summed E-state index contributed by atoms with van der Waals surface area (Å²) in [6.07, 6.45) is -10.2. The molecule has 394 valence electrons. The number of hydrogen-bond acceptors (Lipinski definition) is 16. The average molecular weight is 1090 g/mol. The number of carbonyl (C=O) groups is 3. The summed E-state index contributed by atoms with van der Waals surface area (Å²) in [7, 11) is 0. The Kier molecular flexibility index (Phi) is 16.0. The van der Waals surface area contributed by atoms with Crippen LogP contribution in [0.1, 0.15) is 79.1 Å². The predicted molar refractivity (Wildman–Crippen MR) is 264 cm³/mol. The molecule has 1 unspecified atom stereocenters. The molecule has 0 saturated carbocycles. The molecule has 2 saturated heterocycles. The molecule has 3 N–H and O–H groups in total. The lowest BCUT2D eigenvalue weighted by Crippen LogP contribution is -2.44.